The third kappa shape index (κ3) is 1.25. The second-order valence-corrected chi connectivity index (χ2v) is 4.99. The molecule has 0 saturated heterocycles. The lowest BCUT2D eigenvalue weighted by Crippen LogP contribution is -2.07. The predicted octanol–water partition coefficient (Wildman–Crippen LogP) is 2.39. The normalized spacial score (nSPS) is 18.9. The third-order valence-corrected chi connectivity index (χ3v) is 3.60. The van der Waals surface area contributed by atoms with E-state index >= 15 is 0 Å². The number of fused-ring (bicyclic) bond motifs is 3. The topological polar surface area (TPSA) is 44.9 Å². The lowest BCUT2D eigenvalue weighted by molar-refractivity contribution is 1.15. The van der Waals surface area contributed by atoms with Crippen molar-refractivity contribution in [2.75, 3.05) is 5.32 Å². The lowest BCUT2D eigenvalue weighted by atomic mass is 10.1. The summed E-state index contributed by atoms with van der Waals surface area (Å²) in [6, 6.07) is 5.58. The molecule has 76 valence electrons. The van der Waals surface area contributed by atoms with Crippen molar-refractivity contribution in [2.24, 2.45) is 0 Å². The standard InChI is InChI=1S/C11H10N2OS/c1-6-13-11-9(15-6)3-2-7-10(11)8(14)4-5-12-7/h2-6,13H,1H3,(H,12,14). The van der Waals surface area contributed by atoms with Crippen LogP contribution in [0.15, 0.2) is 34.1 Å². The summed E-state index contributed by atoms with van der Waals surface area (Å²) in [7, 11) is 0. The molecule has 15 heavy (non-hydrogen) atoms. The van der Waals surface area contributed by atoms with Crippen molar-refractivity contribution in [3.05, 3.63) is 34.6 Å². The van der Waals surface area contributed by atoms with Gasteiger partial charge in [-0.1, -0.05) is 11.8 Å². The summed E-state index contributed by atoms with van der Waals surface area (Å²) in [6.07, 6.45) is 1.68. The molecule has 0 amide bonds. The number of hydrogen-bond donors (Lipinski definition) is 2. The summed E-state index contributed by atoms with van der Waals surface area (Å²) in [4.78, 5) is 16.0. The number of thioether (sulfide) groups is 1. The van der Waals surface area contributed by atoms with Gasteiger partial charge in [-0.15, -0.1) is 0 Å². The molecule has 1 aliphatic rings. The first-order valence-corrected chi connectivity index (χ1v) is 5.71. The molecule has 0 radical (unpaired) electrons. The fraction of sp³-hybridized carbons (Fsp3) is 0.182. The van der Waals surface area contributed by atoms with Crippen LogP contribution in [0.5, 0.6) is 0 Å². The molecule has 2 heterocycles. The molecule has 2 aromatic rings. The maximum absolute atomic E-state index is 11.8. The smallest absolute Gasteiger partial charge is 0.191 e. The van der Waals surface area contributed by atoms with Gasteiger partial charge >= 0.3 is 0 Å². The molecule has 3 rings (SSSR count). The number of rotatable bonds is 0. The summed E-state index contributed by atoms with van der Waals surface area (Å²) in [6.45, 7) is 2.09. The van der Waals surface area contributed by atoms with Gasteiger partial charge in [0.2, 0.25) is 0 Å². The van der Waals surface area contributed by atoms with Crippen molar-refractivity contribution in [3.63, 3.8) is 0 Å². The highest BCUT2D eigenvalue weighted by atomic mass is 32.2. The lowest BCUT2D eigenvalue weighted by Gasteiger charge is -2.04. The van der Waals surface area contributed by atoms with Gasteiger partial charge in [-0.2, -0.15) is 0 Å². The van der Waals surface area contributed by atoms with Crippen LogP contribution in [0.4, 0.5) is 5.69 Å². The molecular weight excluding hydrogens is 208 g/mol. The van der Waals surface area contributed by atoms with Gasteiger partial charge in [-0.3, -0.25) is 4.79 Å². The van der Waals surface area contributed by atoms with Crippen LogP contribution in [0.25, 0.3) is 10.9 Å². The highest BCUT2D eigenvalue weighted by Gasteiger charge is 2.20. The molecule has 1 aromatic heterocycles. The van der Waals surface area contributed by atoms with E-state index in [-0.39, 0.29) is 5.43 Å². The Morgan fingerprint density at radius 2 is 2.20 bits per heavy atom. The van der Waals surface area contributed by atoms with Crippen LogP contribution >= 0.6 is 11.8 Å². The molecule has 0 spiro atoms. The average Bonchev–Trinajstić information content (AvgIpc) is 2.58. The number of H-pyrrole nitrogens is 1. The van der Waals surface area contributed by atoms with Crippen molar-refractivity contribution in [3.8, 4) is 0 Å². The van der Waals surface area contributed by atoms with E-state index in [1.165, 1.54) is 0 Å². The van der Waals surface area contributed by atoms with Gasteiger partial charge in [-0.05, 0) is 19.1 Å². The largest absolute Gasteiger partial charge is 0.372 e. The van der Waals surface area contributed by atoms with Crippen LogP contribution < -0.4 is 10.7 Å². The number of hydrogen-bond acceptors (Lipinski definition) is 3. The average molecular weight is 218 g/mol. The van der Waals surface area contributed by atoms with E-state index in [2.05, 4.69) is 23.3 Å². The van der Waals surface area contributed by atoms with Crippen molar-refractivity contribution in [2.45, 2.75) is 17.2 Å². The Hall–Kier alpha value is -1.42. The Bertz CT molecular complexity index is 591. The number of benzene rings is 1. The van der Waals surface area contributed by atoms with E-state index in [4.69, 9.17) is 0 Å². The van der Waals surface area contributed by atoms with E-state index < -0.39 is 0 Å². The minimum atomic E-state index is 0.0720. The summed E-state index contributed by atoms with van der Waals surface area (Å²) in [5.41, 5.74) is 1.94. The molecule has 2 N–H and O–H groups in total. The zero-order valence-electron chi connectivity index (χ0n) is 8.20. The Labute approximate surface area is 90.9 Å². The van der Waals surface area contributed by atoms with Crippen LogP contribution in [0.2, 0.25) is 0 Å². The molecule has 1 atom stereocenters. The predicted molar refractivity (Wildman–Crippen MR) is 63.5 cm³/mol. The van der Waals surface area contributed by atoms with E-state index in [0.717, 1.165) is 21.5 Å². The van der Waals surface area contributed by atoms with Crippen LogP contribution in [0.1, 0.15) is 6.92 Å². The SMILES string of the molecule is CC1Nc2c(ccc3[nH]ccc(=O)c23)S1. The first kappa shape index (κ1) is 8.85. The van der Waals surface area contributed by atoms with Gasteiger partial charge in [0.05, 0.1) is 22.0 Å². The van der Waals surface area contributed by atoms with Crippen LogP contribution in [0.3, 0.4) is 0 Å². The van der Waals surface area contributed by atoms with E-state index in [9.17, 15) is 4.79 Å². The summed E-state index contributed by atoms with van der Waals surface area (Å²) in [5.74, 6) is 0. The molecular formula is C11H10N2OS. The van der Waals surface area contributed by atoms with Gasteiger partial charge in [-0.25, -0.2) is 0 Å². The summed E-state index contributed by atoms with van der Waals surface area (Å²) >= 11 is 1.75. The number of anilines is 1. The second-order valence-electron chi connectivity index (χ2n) is 3.61. The molecule has 0 aliphatic carbocycles. The number of nitrogens with one attached hydrogen (secondary N) is 2. The van der Waals surface area contributed by atoms with Gasteiger partial charge in [0, 0.05) is 17.2 Å². The van der Waals surface area contributed by atoms with Gasteiger partial charge in [0.15, 0.2) is 5.43 Å². The molecule has 1 unspecified atom stereocenters. The Morgan fingerprint density at radius 1 is 1.33 bits per heavy atom. The van der Waals surface area contributed by atoms with Gasteiger partial charge in [0.1, 0.15) is 0 Å². The molecule has 0 saturated carbocycles. The van der Waals surface area contributed by atoms with Crippen molar-refractivity contribution >= 4 is 28.4 Å². The fourth-order valence-corrected chi connectivity index (χ4v) is 2.90. The molecule has 0 bridgehead atoms. The molecule has 3 nitrogen and oxygen atoms in total. The first-order valence-electron chi connectivity index (χ1n) is 4.83. The van der Waals surface area contributed by atoms with Crippen molar-refractivity contribution in [1.29, 1.82) is 0 Å². The maximum Gasteiger partial charge on any atom is 0.191 e. The molecule has 4 heteroatoms. The molecule has 1 aliphatic heterocycles. The van der Waals surface area contributed by atoms with Gasteiger partial charge < -0.3 is 10.3 Å². The van der Waals surface area contributed by atoms with Crippen molar-refractivity contribution < 1.29 is 0 Å². The molecule has 0 fully saturated rings. The van der Waals surface area contributed by atoms with Crippen LogP contribution in [-0.4, -0.2) is 10.4 Å². The minimum Gasteiger partial charge on any atom is -0.372 e. The zero-order valence-corrected chi connectivity index (χ0v) is 9.02. The highest BCUT2D eigenvalue weighted by molar-refractivity contribution is 8.00. The number of aromatic amines is 1. The maximum atomic E-state index is 11.8. The monoisotopic (exact) mass is 218 g/mol. The first-order chi connectivity index (χ1) is 7.25. The number of pyridine rings is 1. The van der Waals surface area contributed by atoms with Crippen LogP contribution in [-0.2, 0) is 0 Å². The van der Waals surface area contributed by atoms with E-state index in [1.807, 2.05) is 6.07 Å². The fourth-order valence-electron chi connectivity index (χ4n) is 1.91. The quantitative estimate of drug-likeness (QED) is 0.713. The minimum absolute atomic E-state index is 0.0720. The summed E-state index contributed by atoms with van der Waals surface area (Å²) in [5, 5.41) is 4.43. The zero-order chi connectivity index (χ0) is 10.4. The van der Waals surface area contributed by atoms with Crippen LogP contribution in [0, 0.1) is 0 Å². The van der Waals surface area contributed by atoms with Crippen molar-refractivity contribution in [1.82, 2.24) is 4.98 Å². The Kier molecular flexibility index (Phi) is 1.79. The number of aromatic nitrogens is 1. The second kappa shape index (κ2) is 3.03. The highest BCUT2D eigenvalue weighted by Crippen LogP contribution is 2.40. The van der Waals surface area contributed by atoms with Gasteiger partial charge in [0.25, 0.3) is 0 Å². The molecule has 1 aromatic carbocycles. The van der Waals surface area contributed by atoms with E-state index in [1.54, 1.807) is 24.0 Å². The Morgan fingerprint density at radius 3 is 3.07 bits per heavy atom. The third-order valence-electron chi connectivity index (χ3n) is 2.54. The Balaban J connectivity index is 2.44. The summed E-state index contributed by atoms with van der Waals surface area (Å²) < 4.78 is 0. The van der Waals surface area contributed by atoms with E-state index in [0.29, 0.717) is 5.37 Å².